The standard InChI is InChI=1S/C38H26N4.C38H27N3.C35H24N6/c1-25-39-32-14-9-17-36-38(32)40(25)35-23-20-27(24-37(35)42(36)28-10-3-2-4-11-28)26-18-21-29(22-19-26)41-33-15-7-5-12-30(33)31-13-6-8-16-34(31)41;1-26-39-34-18-11-19-36-38(34)40(26)35-21-20-29(25-37(35)41(36)33-16-9-4-10-17-33)32-23-30(27-12-5-2-6-13-27)22-31(24-32)28-14-7-3-8-15-28;1-23-36-28-18-11-19-30-32(28)40(23)29-21-20-26(22-31(29)41(30)27-16-9-4-10-17-27)35-38-33(24-12-5-2-6-13-24)37-34(39-35)25-14-7-3-8-15-25/h2-24H,1H3;2-25H,1H3;2-22H,1H3. The molecular weight excluding hydrogens is 1520 g/mol. The zero-order valence-corrected chi connectivity index (χ0v) is 68.1. The van der Waals surface area contributed by atoms with Gasteiger partial charge in [0, 0.05) is 50.2 Å². The first-order valence-electron chi connectivity index (χ1n) is 41.9. The molecule has 586 valence electrons. The quantitative estimate of drug-likeness (QED) is 0.125. The lowest BCUT2D eigenvalue weighted by Gasteiger charge is -2.33. The van der Waals surface area contributed by atoms with Crippen molar-refractivity contribution < 1.29 is 0 Å². The van der Waals surface area contributed by atoms with E-state index in [1.807, 2.05) is 66.7 Å². The molecule has 0 aliphatic carbocycles. The number of hydrogen-bond donors (Lipinski definition) is 0. The second kappa shape index (κ2) is 30.0. The number of anilines is 9. The smallest absolute Gasteiger partial charge is 0.164 e. The molecule has 0 radical (unpaired) electrons. The molecule has 0 spiro atoms. The van der Waals surface area contributed by atoms with Gasteiger partial charge in [0.05, 0.1) is 95.3 Å². The molecular formula is C111H77N13. The van der Waals surface area contributed by atoms with Crippen LogP contribution in [0.15, 0.2) is 413 Å². The van der Waals surface area contributed by atoms with Crippen LogP contribution in [-0.4, -0.2) is 48.2 Å². The summed E-state index contributed by atoms with van der Waals surface area (Å²) in [6, 6.07) is 145. The molecule has 0 N–H and O–H groups in total. The van der Waals surface area contributed by atoms with Crippen LogP contribution in [0.4, 0.5) is 51.2 Å². The molecule has 3 aliphatic heterocycles. The third-order valence-electron chi connectivity index (χ3n) is 24.1. The second-order valence-electron chi connectivity index (χ2n) is 31.5. The second-order valence-corrected chi connectivity index (χ2v) is 31.5. The van der Waals surface area contributed by atoms with E-state index in [0.29, 0.717) is 17.5 Å². The van der Waals surface area contributed by atoms with Gasteiger partial charge in [-0.25, -0.2) is 29.9 Å². The van der Waals surface area contributed by atoms with Crippen LogP contribution < -0.4 is 14.7 Å². The molecule has 0 saturated carbocycles. The van der Waals surface area contributed by atoms with E-state index in [1.54, 1.807) is 0 Å². The van der Waals surface area contributed by atoms with Crippen LogP contribution in [0.2, 0.25) is 0 Å². The molecule has 124 heavy (non-hydrogen) atoms. The predicted molar refractivity (Wildman–Crippen MR) is 508 cm³/mol. The molecule has 17 aromatic carbocycles. The van der Waals surface area contributed by atoms with Gasteiger partial charge in [-0.15, -0.1) is 0 Å². The Morgan fingerprint density at radius 1 is 0.169 bits per heavy atom. The van der Waals surface area contributed by atoms with Crippen LogP contribution in [0.25, 0.3) is 156 Å². The van der Waals surface area contributed by atoms with Gasteiger partial charge >= 0.3 is 0 Å². The lowest BCUT2D eigenvalue weighted by atomic mass is 9.92. The zero-order valence-electron chi connectivity index (χ0n) is 68.1. The van der Waals surface area contributed by atoms with E-state index in [1.165, 1.54) is 66.3 Å². The van der Waals surface area contributed by atoms with Crippen molar-refractivity contribution in [3.63, 3.8) is 0 Å². The van der Waals surface area contributed by atoms with Gasteiger partial charge in [-0.1, -0.05) is 255 Å². The lowest BCUT2D eigenvalue weighted by molar-refractivity contribution is 0.981. The Kier molecular flexibility index (Phi) is 17.6. The monoisotopic (exact) mass is 1590 g/mol. The fraction of sp³-hybridized carbons (Fsp3) is 0.0270. The lowest BCUT2D eigenvalue weighted by Crippen LogP contribution is -2.18. The number of benzene rings is 17. The number of rotatable bonds is 11. The highest BCUT2D eigenvalue weighted by Crippen LogP contribution is 2.53. The van der Waals surface area contributed by atoms with Crippen molar-refractivity contribution in [2.45, 2.75) is 20.8 Å². The van der Waals surface area contributed by atoms with Crippen molar-refractivity contribution in [1.82, 2.24) is 48.2 Å². The molecule has 3 aliphatic rings. The maximum Gasteiger partial charge on any atom is 0.164 e. The number of hydrogen-bond acceptors (Lipinski definition) is 9. The number of aromatic nitrogens is 10. The van der Waals surface area contributed by atoms with E-state index in [9.17, 15) is 0 Å². The summed E-state index contributed by atoms with van der Waals surface area (Å²) in [7, 11) is 0. The fourth-order valence-electron chi connectivity index (χ4n) is 18.6. The minimum atomic E-state index is 0.625. The molecule has 0 unspecified atom stereocenters. The number of imidazole rings is 3. The van der Waals surface area contributed by atoms with Gasteiger partial charge in [0.25, 0.3) is 0 Å². The summed E-state index contributed by atoms with van der Waals surface area (Å²) >= 11 is 0. The summed E-state index contributed by atoms with van der Waals surface area (Å²) in [5.74, 6) is 4.85. The minimum Gasteiger partial charge on any atom is -0.309 e. The van der Waals surface area contributed by atoms with E-state index in [2.05, 4.69) is 400 Å². The average Bonchev–Trinajstić information content (AvgIpc) is 1.53. The molecule has 22 aromatic rings. The molecule has 0 amide bonds. The first-order valence-corrected chi connectivity index (χ1v) is 41.9. The van der Waals surface area contributed by atoms with Crippen LogP contribution in [0.3, 0.4) is 0 Å². The van der Waals surface area contributed by atoms with Gasteiger partial charge in [0.1, 0.15) is 17.5 Å². The molecule has 5 aromatic heterocycles. The first-order chi connectivity index (χ1) is 61.2. The van der Waals surface area contributed by atoms with Gasteiger partial charge in [-0.2, -0.15) is 0 Å². The fourth-order valence-corrected chi connectivity index (χ4v) is 18.6. The molecule has 13 heteroatoms. The summed E-state index contributed by atoms with van der Waals surface area (Å²) < 4.78 is 9.22. The Morgan fingerprint density at radius 3 is 0.823 bits per heavy atom. The van der Waals surface area contributed by atoms with Crippen LogP contribution in [0, 0.1) is 20.8 Å². The summed E-state index contributed by atoms with van der Waals surface area (Å²) in [5.41, 5.74) is 35.7. The Labute approximate surface area is 716 Å². The average molecular weight is 1590 g/mol. The van der Waals surface area contributed by atoms with Gasteiger partial charge in [0.2, 0.25) is 0 Å². The number of nitrogens with zero attached hydrogens (tertiary/aromatic N) is 13. The molecule has 0 atom stereocenters. The summed E-state index contributed by atoms with van der Waals surface area (Å²) in [4.78, 5) is 36.6. The Bertz CT molecular complexity index is 7410. The Balaban J connectivity index is 0.000000107. The van der Waals surface area contributed by atoms with Crippen LogP contribution >= 0.6 is 0 Å². The van der Waals surface area contributed by atoms with Crippen LogP contribution in [0.5, 0.6) is 0 Å². The maximum atomic E-state index is 4.98. The van der Waals surface area contributed by atoms with Crippen LogP contribution in [-0.2, 0) is 0 Å². The van der Waals surface area contributed by atoms with E-state index in [0.717, 1.165) is 141 Å². The highest BCUT2D eigenvalue weighted by molar-refractivity contribution is 6.10. The normalized spacial score (nSPS) is 12.1. The molecule has 0 saturated heterocycles. The third kappa shape index (κ3) is 12.4. The van der Waals surface area contributed by atoms with Gasteiger partial charge < -0.3 is 19.3 Å². The molecule has 8 heterocycles. The van der Waals surface area contributed by atoms with Crippen molar-refractivity contribution in [3.05, 3.63) is 430 Å². The van der Waals surface area contributed by atoms with Crippen molar-refractivity contribution in [3.8, 4) is 101 Å². The van der Waals surface area contributed by atoms with Gasteiger partial charge in [-0.05, 0) is 223 Å². The summed E-state index contributed by atoms with van der Waals surface area (Å²) in [6.45, 7) is 6.24. The number of para-hydroxylation sites is 8. The van der Waals surface area contributed by atoms with Crippen molar-refractivity contribution >= 4 is 106 Å². The molecule has 25 rings (SSSR count). The summed E-state index contributed by atoms with van der Waals surface area (Å²) in [5, 5.41) is 2.55. The highest BCUT2D eigenvalue weighted by atomic mass is 15.3. The Morgan fingerprint density at radius 2 is 0.452 bits per heavy atom. The number of aryl methyl sites for hydroxylation is 3. The largest absolute Gasteiger partial charge is 0.309 e. The van der Waals surface area contributed by atoms with Crippen LogP contribution in [0.1, 0.15) is 17.5 Å². The highest BCUT2D eigenvalue weighted by Gasteiger charge is 2.33. The van der Waals surface area contributed by atoms with E-state index < -0.39 is 0 Å². The first kappa shape index (κ1) is 72.6. The van der Waals surface area contributed by atoms with Crippen molar-refractivity contribution in [1.29, 1.82) is 0 Å². The number of fused-ring (bicyclic) bond motifs is 9. The van der Waals surface area contributed by atoms with E-state index in [4.69, 9.17) is 29.9 Å². The molecule has 0 bridgehead atoms. The SMILES string of the molecule is Cc1nc2cccc3c2n1-c1ccc(-c2cc(-c4ccccc4)cc(-c4ccccc4)c2)cc1N3c1ccccc1.Cc1nc2cccc3c2n1-c1ccc(-c2ccc(-n4c5ccccc5c5ccccc54)cc2)cc1N3c1ccccc1.Cc1nc2cccc3c2n1-c1ccc(-c2nc(-c4ccccc4)nc(-c4ccccc4)n2)cc1N3c1ccccc1. The van der Waals surface area contributed by atoms with Crippen molar-refractivity contribution in [2.75, 3.05) is 14.7 Å². The zero-order chi connectivity index (χ0) is 82.5. The van der Waals surface area contributed by atoms with E-state index in [-0.39, 0.29) is 0 Å². The van der Waals surface area contributed by atoms with Crippen molar-refractivity contribution in [2.24, 2.45) is 0 Å². The minimum absolute atomic E-state index is 0.625. The predicted octanol–water partition coefficient (Wildman–Crippen LogP) is 28.3. The topological polar surface area (TPSA) is 107 Å². The maximum absolute atomic E-state index is 4.98. The van der Waals surface area contributed by atoms with Gasteiger partial charge in [-0.3, -0.25) is 13.7 Å². The van der Waals surface area contributed by atoms with E-state index >= 15 is 0 Å². The third-order valence-corrected chi connectivity index (χ3v) is 24.1. The summed E-state index contributed by atoms with van der Waals surface area (Å²) in [6.07, 6.45) is 0. The molecule has 13 nitrogen and oxygen atoms in total. The molecule has 0 fully saturated rings. The Hall–Kier alpha value is -16.6. The van der Waals surface area contributed by atoms with Gasteiger partial charge in [0.15, 0.2) is 17.5 Å².